The summed E-state index contributed by atoms with van der Waals surface area (Å²) in [6.07, 6.45) is 55.1. The molecule has 0 aliphatic carbocycles. The number of rotatable bonds is 56. The molecule has 1 rings (SSSR count). The van der Waals surface area contributed by atoms with Gasteiger partial charge in [0.15, 0.2) is 24.6 Å². The van der Waals surface area contributed by atoms with Gasteiger partial charge < -0.3 is 39.0 Å². The first kappa shape index (κ1) is 73.7. The van der Waals surface area contributed by atoms with Gasteiger partial charge in [0, 0.05) is 19.3 Å². The Kier molecular flexibility index (Phi) is 51.5. The van der Waals surface area contributed by atoms with E-state index in [2.05, 4.69) is 69.4 Å². The second-order valence-electron chi connectivity index (χ2n) is 22.4. The van der Waals surface area contributed by atoms with Crippen molar-refractivity contribution < 1.29 is 58.2 Å². The molecule has 458 valence electrons. The maximum Gasteiger partial charge on any atom is 0.335 e. The molecule has 1 saturated heterocycles. The number of aliphatic hydroxyl groups is 2. The third kappa shape index (κ3) is 45.0. The van der Waals surface area contributed by atoms with E-state index in [1.54, 1.807) is 0 Å². The summed E-state index contributed by atoms with van der Waals surface area (Å²) >= 11 is 0. The molecule has 1 heterocycles. The van der Waals surface area contributed by atoms with Gasteiger partial charge in [-0.2, -0.15) is 0 Å². The van der Waals surface area contributed by atoms with Gasteiger partial charge in [0.05, 0.1) is 6.61 Å². The maximum absolute atomic E-state index is 13.2. The molecule has 1 fully saturated rings. The predicted octanol–water partition coefficient (Wildman–Crippen LogP) is 17.3. The van der Waals surface area contributed by atoms with E-state index in [1.807, 2.05) is 0 Å². The molecule has 0 amide bonds. The van der Waals surface area contributed by atoms with Gasteiger partial charge >= 0.3 is 23.9 Å². The van der Waals surface area contributed by atoms with Crippen molar-refractivity contribution in [2.24, 2.45) is 0 Å². The summed E-state index contributed by atoms with van der Waals surface area (Å²) < 4.78 is 28.5. The molecule has 12 nitrogen and oxygen atoms in total. The number of carboxylic acid groups (broad SMARTS) is 1. The van der Waals surface area contributed by atoms with Gasteiger partial charge in [-0.15, -0.1) is 0 Å². The molecule has 1 aliphatic heterocycles. The van der Waals surface area contributed by atoms with Crippen molar-refractivity contribution >= 4 is 23.9 Å². The van der Waals surface area contributed by atoms with Crippen molar-refractivity contribution in [3.8, 4) is 0 Å². The summed E-state index contributed by atoms with van der Waals surface area (Å²) in [6, 6.07) is 0. The largest absolute Gasteiger partial charge is 0.479 e. The predicted molar refractivity (Wildman–Crippen MR) is 322 cm³/mol. The van der Waals surface area contributed by atoms with Crippen LogP contribution in [0, 0.1) is 0 Å². The van der Waals surface area contributed by atoms with Crippen LogP contribution < -0.4 is 0 Å². The molecule has 6 unspecified atom stereocenters. The minimum Gasteiger partial charge on any atom is -0.479 e. The smallest absolute Gasteiger partial charge is 0.335 e. The average Bonchev–Trinajstić information content (AvgIpc) is 3.43. The van der Waals surface area contributed by atoms with E-state index in [-0.39, 0.29) is 25.9 Å². The molecule has 0 spiro atoms. The molecule has 0 aromatic carbocycles. The van der Waals surface area contributed by atoms with Crippen molar-refractivity contribution in [2.45, 2.75) is 340 Å². The lowest BCUT2D eigenvalue weighted by atomic mass is 9.98. The first-order valence-electron chi connectivity index (χ1n) is 32.6. The van der Waals surface area contributed by atoms with E-state index in [9.17, 15) is 34.5 Å². The summed E-state index contributed by atoms with van der Waals surface area (Å²) in [5.41, 5.74) is 0. The number of aliphatic carboxylic acids is 1. The van der Waals surface area contributed by atoms with Crippen LogP contribution in [0.15, 0.2) is 48.6 Å². The second-order valence-corrected chi connectivity index (χ2v) is 22.4. The van der Waals surface area contributed by atoms with Crippen LogP contribution in [0.4, 0.5) is 0 Å². The molecule has 0 saturated carbocycles. The summed E-state index contributed by atoms with van der Waals surface area (Å²) in [7, 11) is 0. The highest BCUT2D eigenvalue weighted by molar-refractivity contribution is 5.74. The Morgan fingerprint density at radius 3 is 1.22 bits per heavy atom. The van der Waals surface area contributed by atoms with Crippen LogP contribution in [0.5, 0.6) is 0 Å². The molecule has 3 N–H and O–H groups in total. The van der Waals surface area contributed by atoms with Gasteiger partial charge in [-0.05, 0) is 57.8 Å². The second kappa shape index (κ2) is 55.2. The fourth-order valence-electron chi connectivity index (χ4n) is 9.95. The summed E-state index contributed by atoms with van der Waals surface area (Å²) in [6.45, 7) is 5.91. The monoisotopic (exact) mass is 1110 g/mol. The van der Waals surface area contributed by atoms with Crippen LogP contribution in [0.3, 0.4) is 0 Å². The molecule has 12 heteroatoms. The van der Waals surface area contributed by atoms with Crippen molar-refractivity contribution in [2.75, 3.05) is 13.2 Å². The lowest BCUT2D eigenvalue weighted by Gasteiger charge is -2.40. The molecule has 0 radical (unpaired) electrons. The first-order chi connectivity index (χ1) is 38.6. The molecule has 6 atom stereocenters. The lowest BCUT2D eigenvalue weighted by molar-refractivity contribution is -0.301. The summed E-state index contributed by atoms with van der Waals surface area (Å²) in [5.74, 6) is -3.14. The zero-order chi connectivity index (χ0) is 57.5. The fraction of sp³-hybridized carbons (Fsp3) is 0.821. The van der Waals surface area contributed by atoms with Gasteiger partial charge in [-0.1, -0.05) is 275 Å². The number of carboxylic acids is 1. The van der Waals surface area contributed by atoms with Gasteiger partial charge in [0.1, 0.15) is 18.8 Å². The molecule has 1 aliphatic rings. The number of esters is 3. The normalized spacial score (nSPS) is 18.1. The van der Waals surface area contributed by atoms with Gasteiger partial charge in [-0.3, -0.25) is 14.4 Å². The number of ether oxygens (including phenoxy) is 5. The minimum atomic E-state index is -1.92. The van der Waals surface area contributed by atoms with E-state index in [1.165, 1.54) is 167 Å². The number of carbonyl (C=O) groups is 4. The van der Waals surface area contributed by atoms with E-state index < -0.39 is 67.3 Å². The molecular weight excluding hydrogens is 997 g/mol. The number of hydrogen-bond donors (Lipinski definition) is 3. The highest BCUT2D eigenvalue weighted by Crippen LogP contribution is 2.27. The lowest BCUT2D eigenvalue weighted by Crippen LogP contribution is -2.61. The van der Waals surface area contributed by atoms with Crippen LogP contribution in [-0.4, -0.2) is 89.2 Å². The topological polar surface area (TPSA) is 175 Å². The maximum atomic E-state index is 13.2. The Morgan fingerprint density at radius 2 is 0.797 bits per heavy atom. The van der Waals surface area contributed by atoms with Crippen LogP contribution in [-0.2, 0) is 42.9 Å². The van der Waals surface area contributed by atoms with Gasteiger partial charge in [-0.25, -0.2) is 4.79 Å². The zero-order valence-electron chi connectivity index (χ0n) is 50.6. The first-order valence-corrected chi connectivity index (χ1v) is 32.6. The van der Waals surface area contributed by atoms with Crippen molar-refractivity contribution in [1.82, 2.24) is 0 Å². The van der Waals surface area contributed by atoms with E-state index >= 15 is 0 Å². The molecular formula is C67H118O12. The van der Waals surface area contributed by atoms with Gasteiger partial charge in [0.2, 0.25) is 0 Å². The van der Waals surface area contributed by atoms with Crippen molar-refractivity contribution in [3.63, 3.8) is 0 Å². The van der Waals surface area contributed by atoms with Crippen LogP contribution in [0.2, 0.25) is 0 Å². The number of hydrogen-bond acceptors (Lipinski definition) is 11. The third-order valence-electron chi connectivity index (χ3n) is 14.9. The number of allylic oxidation sites excluding steroid dienone is 8. The number of carbonyl (C=O) groups excluding carboxylic acids is 3. The van der Waals surface area contributed by atoms with Crippen molar-refractivity contribution in [3.05, 3.63) is 48.6 Å². The molecule has 79 heavy (non-hydrogen) atoms. The third-order valence-corrected chi connectivity index (χ3v) is 14.9. The number of unbranched alkanes of at least 4 members (excludes halogenated alkanes) is 34. The van der Waals surface area contributed by atoms with Crippen molar-refractivity contribution in [1.29, 1.82) is 0 Å². The Hall–Kier alpha value is -3.32. The summed E-state index contributed by atoms with van der Waals surface area (Å²) in [5, 5.41) is 31.5. The fourth-order valence-corrected chi connectivity index (χ4v) is 9.95. The van der Waals surface area contributed by atoms with E-state index in [0.717, 1.165) is 70.6 Å². The van der Waals surface area contributed by atoms with E-state index in [0.29, 0.717) is 25.7 Å². The SMILES string of the molecule is CC/C=C\C/C=C\C/C=C\C/C=C\CCCCC(=O)OC1C(OCC(COC(=O)CCCCCCCCCCCCCCCCCCC)OC(=O)CCCCCCCCCCCCCCCCCCC)OC(C(=O)O)C(O)C1O. The Bertz CT molecular complexity index is 1560. The minimum absolute atomic E-state index is 0.0109. The van der Waals surface area contributed by atoms with Crippen LogP contribution >= 0.6 is 0 Å². The summed E-state index contributed by atoms with van der Waals surface area (Å²) in [4.78, 5) is 51.3. The quantitative estimate of drug-likeness (QED) is 0.0228. The molecule has 0 bridgehead atoms. The van der Waals surface area contributed by atoms with Crippen LogP contribution in [0.25, 0.3) is 0 Å². The van der Waals surface area contributed by atoms with E-state index in [4.69, 9.17) is 23.7 Å². The molecule has 0 aromatic heterocycles. The Balaban J connectivity index is 2.67. The highest BCUT2D eigenvalue weighted by atomic mass is 16.7. The number of aliphatic hydroxyl groups excluding tert-OH is 2. The molecule has 0 aromatic rings. The highest BCUT2D eigenvalue weighted by Gasteiger charge is 2.50. The van der Waals surface area contributed by atoms with Crippen LogP contribution in [0.1, 0.15) is 303 Å². The Morgan fingerprint density at radius 1 is 0.430 bits per heavy atom. The van der Waals surface area contributed by atoms with Gasteiger partial charge in [0.25, 0.3) is 0 Å². The zero-order valence-corrected chi connectivity index (χ0v) is 50.6. The average molecular weight is 1120 g/mol. The standard InChI is InChI=1S/C67H118O12/c1-4-7-10-13-16-19-22-25-28-30-33-35-38-41-44-47-50-53-59(68)75-56-58(77-60(69)54-51-48-45-42-39-37-34-31-29-26-23-20-17-14-11-8-5-2)57-76-67-65(63(72)62(71)64(79-67)66(73)74)78-61(70)55-52-49-46-43-40-36-32-27-24-21-18-15-12-9-6-3/h9,12,18,21,27,32,40,43,58,62-65,67,71-72H,4-8,10-11,13-17,19-20,22-26,28-31,33-39,41-42,44-57H2,1-3H3,(H,73,74)/b12-9-,21-18-,32-27-,43-40-. The Labute approximate surface area is 482 Å².